The van der Waals surface area contributed by atoms with Gasteiger partial charge in [-0.25, -0.2) is 9.97 Å². The molecule has 0 radical (unpaired) electrons. The van der Waals surface area contributed by atoms with E-state index < -0.39 is 0 Å². The summed E-state index contributed by atoms with van der Waals surface area (Å²) in [5.74, 6) is 1.17. The van der Waals surface area contributed by atoms with Crippen molar-refractivity contribution in [3.05, 3.63) is 11.5 Å². The number of aromatic hydroxyl groups is 1. The van der Waals surface area contributed by atoms with Crippen LogP contribution in [0.5, 0.6) is 5.75 Å². The molecule has 1 aliphatic heterocycles. The van der Waals surface area contributed by atoms with Crippen LogP contribution in [-0.4, -0.2) is 47.1 Å². The van der Waals surface area contributed by atoms with Gasteiger partial charge in [0.1, 0.15) is 11.5 Å². The molecule has 0 aliphatic carbocycles. The Kier molecular flexibility index (Phi) is 4.54. The minimum Gasteiger partial charge on any atom is -0.503 e. The minimum absolute atomic E-state index is 0.0165. The van der Waals surface area contributed by atoms with Crippen LogP contribution < -0.4 is 4.90 Å². The highest BCUT2D eigenvalue weighted by atomic mass is 16.5. The Morgan fingerprint density at radius 2 is 2.05 bits per heavy atom. The molecule has 1 aromatic heterocycles. The van der Waals surface area contributed by atoms with Crippen molar-refractivity contribution in [1.82, 2.24) is 9.97 Å². The number of aromatic nitrogens is 2. The third kappa shape index (κ3) is 2.90. The Morgan fingerprint density at radius 3 is 2.65 bits per heavy atom. The van der Waals surface area contributed by atoms with E-state index in [-0.39, 0.29) is 11.7 Å². The van der Waals surface area contributed by atoms with Gasteiger partial charge in [0.05, 0.1) is 18.9 Å². The molecule has 1 fully saturated rings. The molecule has 1 saturated heterocycles. The van der Waals surface area contributed by atoms with Gasteiger partial charge in [-0.05, 0) is 19.3 Å². The summed E-state index contributed by atoms with van der Waals surface area (Å²) >= 11 is 0. The van der Waals surface area contributed by atoms with E-state index in [2.05, 4.69) is 9.97 Å². The molecular formula is C14H22N4O2. The second kappa shape index (κ2) is 6.17. The number of anilines is 1. The van der Waals surface area contributed by atoms with Crippen molar-refractivity contribution in [2.24, 2.45) is 5.92 Å². The highest BCUT2D eigenvalue weighted by Crippen LogP contribution is 2.30. The second-order valence-corrected chi connectivity index (χ2v) is 5.11. The zero-order valence-electron chi connectivity index (χ0n) is 12.3. The maximum absolute atomic E-state index is 10.4. The Labute approximate surface area is 119 Å². The number of rotatable bonds is 4. The van der Waals surface area contributed by atoms with Gasteiger partial charge in [0.15, 0.2) is 11.6 Å². The van der Waals surface area contributed by atoms with Gasteiger partial charge in [-0.1, -0.05) is 13.8 Å². The number of nitrogens with zero attached hydrogens (tertiary/aromatic N) is 3. The van der Waals surface area contributed by atoms with E-state index >= 15 is 0 Å². The van der Waals surface area contributed by atoms with Gasteiger partial charge >= 0.3 is 0 Å². The number of hydrogen-bond donors (Lipinski definition) is 2. The van der Waals surface area contributed by atoms with Crippen LogP contribution in [0.25, 0.3) is 0 Å². The molecule has 0 bridgehead atoms. The van der Waals surface area contributed by atoms with E-state index in [1.165, 1.54) is 0 Å². The van der Waals surface area contributed by atoms with E-state index in [1.807, 2.05) is 18.7 Å². The second-order valence-electron chi connectivity index (χ2n) is 5.11. The molecule has 0 amide bonds. The molecule has 2 heterocycles. The number of hydrogen-bond acceptors (Lipinski definition) is 6. The van der Waals surface area contributed by atoms with Crippen molar-refractivity contribution >= 4 is 11.5 Å². The lowest BCUT2D eigenvalue weighted by molar-refractivity contribution is 0.122. The molecule has 20 heavy (non-hydrogen) atoms. The monoisotopic (exact) mass is 278 g/mol. The van der Waals surface area contributed by atoms with E-state index in [9.17, 15) is 5.11 Å². The molecule has 1 aromatic rings. The van der Waals surface area contributed by atoms with Gasteiger partial charge < -0.3 is 20.2 Å². The average molecular weight is 278 g/mol. The van der Waals surface area contributed by atoms with Crippen molar-refractivity contribution in [2.45, 2.75) is 27.2 Å². The molecule has 2 N–H and O–H groups in total. The molecule has 2 rings (SSSR count). The maximum atomic E-state index is 10.4. The first-order chi connectivity index (χ1) is 9.54. The van der Waals surface area contributed by atoms with Crippen LogP contribution in [-0.2, 0) is 4.74 Å². The van der Waals surface area contributed by atoms with Crippen molar-refractivity contribution in [3.8, 4) is 5.75 Å². The third-order valence-corrected chi connectivity index (χ3v) is 3.65. The van der Waals surface area contributed by atoms with Crippen LogP contribution in [0, 0.1) is 18.3 Å². The first kappa shape index (κ1) is 14.7. The molecule has 110 valence electrons. The molecule has 6 nitrogen and oxygen atoms in total. The fourth-order valence-electron chi connectivity index (χ4n) is 2.17. The fraction of sp³-hybridized carbons (Fsp3) is 0.643. The van der Waals surface area contributed by atoms with E-state index in [4.69, 9.17) is 10.1 Å². The normalized spacial score (nSPS) is 17.1. The number of nitrogens with one attached hydrogen (secondary N) is 1. The van der Waals surface area contributed by atoms with E-state index in [0.29, 0.717) is 49.4 Å². The molecule has 0 spiro atoms. The summed E-state index contributed by atoms with van der Waals surface area (Å²) in [6.07, 6.45) is 0.841. The summed E-state index contributed by atoms with van der Waals surface area (Å²) in [5.41, 5.74) is 0.721. The van der Waals surface area contributed by atoms with Crippen LogP contribution in [0.4, 0.5) is 5.82 Å². The summed E-state index contributed by atoms with van der Waals surface area (Å²) in [6.45, 7) is 8.42. The van der Waals surface area contributed by atoms with Crippen molar-refractivity contribution in [3.63, 3.8) is 0 Å². The maximum Gasteiger partial charge on any atom is 0.186 e. The zero-order chi connectivity index (χ0) is 14.7. The molecule has 0 saturated carbocycles. The molecular weight excluding hydrogens is 256 g/mol. The quantitative estimate of drug-likeness (QED) is 0.820. The van der Waals surface area contributed by atoms with Crippen molar-refractivity contribution < 1.29 is 9.84 Å². The Morgan fingerprint density at radius 1 is 1.40 bits per heavy atom. The van der Waals surface area contributed by atoms with Crippen molar-refractivity contribution in [1.29, 1.82) is 5.41 Å². The number of morpholine rings is 1. The predicted molar refractivity (Wildman–Crippen MR) is 77.7 cm³/mol. The summed E-state index contributed by atoms with van der Waals surface area (Å²) in [7, 11) is 0. The average Bonchev–Trinajstić information content (AvgIpc) is 2.48. The highest BCUT2D eigenvalue weighted by Gasteiger charge is 2.23. The van der Waals surface area contributed by atoms with Crippen LogP contribution in [0.2, 0.25) is 0 Å². The first-order valence-corrected chi connectivity index (χ1v) is 7.03. The van der Waals surface area contributed by atoms with Gasteiger partial charge in [0, 0.05) is 13.1 Å². The van der Waals surface area contributed by atoms with Crippen LogP contribution in [0.1, 0.15) is 31.8 Å². The van der Waals surface area contributed by atoms with Crippen molar-refractivity contribution in [2.75, 3.05) is 31.2 Å². The molecule has 1 aliphatic rings. The van der Waals surface area contributed by atoms with Gasteiger partial charge in [-0.15, -0.1) is 0 Å². The molecule has 1 atom stereocenters. The van der Waals surface area contributed by atoms with Crippen LogP contribution >= 0.6 is 0 Å². The largest absolute Gasteiger partial charge is 0.503 e. The molecule has 0 aromatic carbocycles. The lowest BCUT2D eigenvalue weighted by Gasteiger charge is -2.29. The Bertz CT molecular complexity index is 498. The van der Waals surface area contributed by atoms with E-state index in [1.54, 1.807) is 6.92 Å². The topological polar surface area (TPSA) is 82.3 Å². The molecule has 6 heteroatoms. The zero-order valence-corrected chi connectivity index (χ0v) is 12.3. The SMILES string of the molecule is CCC(C)C(=N)c1nc(C)nc(N2CCOCC2)c1O. The Hall–Kier alpha value is -1.69. The van der Waals surface area contributed by atoms with E-state index in [0.717, 1.165) is 6.42 Å². The predicted octanol–water partition coefficient (Wildman–Crippen LogP) is 1.74. The number of ether oxygens (including phenoxy) is 1. The van der Waals surface area contributed by atoms with Crippen LogP contribution in [0.15, 0.2) is 0 Å². The number of aryl methyl sites for hydroxylation is 1. The van der Waals surface area contributed by atoms with Crippen LogP contribution in [0.3, 0.4) is 0 Å². The third-order valence-electron chi connectivity index (χ3n) is 3.65. The Balaban J connectivity index is 2.38. The minimum atomic E-state index is 0.0165. The summed E-state index contributed by atoms with van der Waals surface area (Å²) in [5, 5.41) is 18.6. The highest BCUT2D eigenvalue weighted by molar-refractivity contribution is 6.01. The standard InChI is InChI=1S/C14H22N4O2/c1-4-9(2)11(15)12-13(19)14(17-10(3)16-12)18-5-7-20-8-6-18/h9,15,19H,4-8H2,1-3H3. The lowest BCUT2D eigenvalue weighted by atomic mass is 9.99. The van der Waals surface area contributed by atoms with Gasteiger partial charge in [0.2, 0.25) is 0 Å². The lowest BCUT2D eigenvalue weighted by Crippen LogP contribution is -2.37. The fourth-order valence-corrected chi connectivity index (χ4v) is 2.17. The summed E-state index contributed by atoms with van der Waals surface area (Å²) in [6, 6.07) is 0. The van der Waals surface area contributed by atoms with Gasteiger partial charge in [-0.2, -0.15) is 0 Å². The molecule has 1 unspecified atom stereocenters. The summed E-state index contributed by atoms with van der Waals surface area (Å²) in [4.78, 5) is 10.6. The van der Waals surface area contributed by atoms with Gasteiger partial charge in [-0.3, -0.25) is 0 Å². The van der Waals surface area contributed by atoms with Gasteiger partial charge in [0.25, 0.3) is 0 Å². The summed E-state index contributed by atoms with van der Waals surface area (Å²) < 4.78 is 5.32. The first-order valence-electron chi connectivity index (χ1n) is 7.03. The smallest absolute Gasteiger partial charge is 0.186 e.